The molecule has 1 heterocycles. The van der Waals surface area contributed by atoms with Crippen LogP contribution in [0.5, 0.6) is 0 Å². The highest BCUT2D eigenvalue weighted by Crippen LogP contribution is 2.28. The summed E-state index contributed by atoms with van der Waals surface area (Å²) in [6, 6.07) is 13.3. The second-order valence-electron chi connectivity index (χ2n) is 4.10. The molecule has 0 atom stereocenters. The van der Waals surface area contributed by atoms with Gasteiger partial charge in [-0.15, -0.1) is 0 Å². The summed E-state index contributed by atoms with van der Waals surface area (Å²) in [5.74, 6) is -0.162. The minimum absolute atomic E-state index is 0.0684. The van der Waals surface area contributed by atoms with Gasteiger partial charge in [-0.2, -0.15) is 0 Å². The SMILES string of the molecule is O=C(NCCCO)c1cccnc1Sc1ccccc1. The zero-order chi connectivity index (χ0) is 14.2. The predicted molar refractivity (Wildman–Crippen MR) is 78.8 cm³/mol. The van der Waals surface area contributed by atoms with Gasteiger partial charge in [-0.3, -0.25) is 4.79 Å². The van der Waals surface area contributed by atoms with Crippen LogP contribution in [0.1, 0.15) is 16.8 Å². The second kappa shape index (κ2) is 7.67. The van der Waals surface area contributed by atoms with E-state index in [1.807, 2.05) is 30.3 Å². The van der Waals surface area contributed by atoms with Crippen molar-refractivity contribution in [3.05, 3.63) is 54.2 Å². The zero-order valence-corrected chi connectivity index (χ0v) is 11.8. The molecule has 0 saturated heterocycles. The Morgan fingerprint density at radius 1 is 1.20 bits per heavy atom. The molecule has 2 aromatic rings. The molecule has 2 rings (SSSR count). The molecule has 0 aliphatic rings. The summed E-state index contributed by atoms with van der Waals surface area (Å²) < 4.78 is 0. The smallest absolute Gasteiger partial charge is 0.254 e. The first-order chi connectivity index (χ1) is 9.81. The molecule has 0 aliphatic heterocycles. The standard InChI is InChI=1S/C15H16N2O2S/c18-11-5-10-16-14(19)13-8-4-9-17-15(13)20-12-6-2-1-3-7-12/h1-4,6-9,18H,5,10-11H2,(H,16,19). The molecule has 1 amide bonds. The number of pyridine rings is 1. The van der Waals surface area contributed by atoms with Crippen LogP contribution in [0.15, 0.2) is 58.6 Å². The number of amides is 1. The van der Waals surface area contributed by atoms with Crippen molar-refractivity contribution in [1.82, 2.24) is 10.3 Å². The summed E-state index contributed by atoms with van der Waals surface area (Å²) in [4.78, 5) is 17.4. The van der Waals surface area contributed by atoms with E-state index in [0.717, 1.165) is 4.90 Å². The van der Waals surface area contributed by atoms with Gasteiger partial charge in [-0.05, 0) is 30.7 Å². The minimum atomic E-state index is -0.162. The number of rotatable bonds is 6. The molecule has 5 heteroatoms. The van der Waals surface area contributed by atoms with Crippen molar-refractivity contribution in [3.8, 4) is 0 Å². The normalized spacial score (nSPS) is 10.2. The molecule has 1 aromatic heterocycles. The van der Waals surface area contributed by atoms with Gasteiger partial charge in [0.15, 0.2) is 0 Å². The van der Waals surface area contributed by atoms with Crippen LogP contribution >= 0.6 is 11.8 Å². The highest BCUT2D eigenvalue weighted by atomic mass is 32.2. The number of benzene rings is 1. The van der Waals surface area contributed by atoms with Crippen molar-refractivity contribution in [2.45, 2.75) is 16.3 Å². The van der Waals surface area contributed by atoms with E-state index in [-0.39, 0.29) is 12.5 Å². The quantitative estimate of drug-likeness (QED) is 0.801. The third-order valence-electron chi connectivity index (χ3n) is 2.59. The Balaban J connectivity index is 2.11. The number of nitrogens with zero attached hydrogens (tertiary/aromatic N) is 1. The van der Waals surface area contributed by atoms with Crippen molar-refractivity contribution in [3.63, 3.8) is 0 Å². The Morgan fingerprint density at radius 2 is 2.00 bits per heavy atom. The number of aromatic nitrogens is 1. The van der Waals surface area contributed by atoms with Gasteiger partial charge in [0, 0.05) is 24.2 Å². The molecule has 0 saturated carbocycles. The van der Waals surface area contributed by atoms with E-state index in [1.54, 1.807) is 18.3 Å². The molecule has 0 aliphatic carbocycles. The summed E-state index contributed by atoms with van der Waals surface area (Å²) in [7, 11) is 0. The predicted octanol–water partition coefficient (Wildman–Crippen LogP) is 2.35. The Morgan fingerprint density at radius 3 is 2.75 bits per heavy atom. The molecule has 0 unspecified atom stereocenters. The van der Waals surface area contributed by atoms with Crippen LogP contribution in [-0.4, -0.2) is 29.1 Å². The average molecular weight is 288 g/mol. The fourth-order valence-corrected chi connectivity index (χ4v) is 2.52. The lowest BCUT2D eigenvalue weighted by Crippen LogP contribution is -2.25. The number of hydrogen-bond acceptors (Lipinski definition) is 4. The van der Waals surface area contributed by atoms with Gasteiger partial charge in [0.25, 0.3) is 5.91 Å². The van der Waals surface area contributed by atoms with Crippen LogP contribution in [0, 0.1) is 0 Å². The maximum atomic E-state index is 12.1. The molecule has 0 fully saturated rings. The van der Waals surface area contributed by atoms with Crippen LogP contribution in [0.25, 0.3) is 0 Å². The van der Waals surface area contributed by atoms with Crippen molar-refractivity contribution in [2.75, 3.05) is 13.2 Å². The lowest BCUT2D eigenvalue weighted by atomic mass is 10.2. The van der Waals surface area contributed by atoms with E-state index in [9.17, 15) is 4.79 Å². The molecule has 4 nitrogen and oxygen atoms in total. The van der Waals surface area contributed by atoms with Gasteiger partial charge >= 0.3 is 0 Å². The maximum absolute atomic E-state index is 12.1. The van der Waals surface area contributed by atoms with Gasteiger partial charge in [0.05, 0.1) is 5.56 Å². The summed E-state index contributed by atoms with van der Waals surface area (Å²) in [5.41, 5.74) is 0.555. The molecular weight excluding hydrogens is 272 g/mol. The molecule has 1 aromatic carbocycles. The van der Waals surface area contributed by atoms with Crippen LogP contribution < -0.4 is 5.32 Å². The van der Waals surface area contributed by atoms with Crippen molar-refractivity contribution in [1.29, 1.82) is 0 Å². The third kappa shape index (κ3) is 4.08. The monoisotopic (exact) mass is 288 g/mol. The summed E-state index contributed by atoms with van der Waals surface area (Å²) in [5, 5.41) is 12.2. The van der Waals surface area contributed by atoms with Crippen molar-refractivity contribution < 1.29 is 9.90 Å². The number of carbonyl (C=O) groups excluding carboxylic acids is 1. The Kier molecular flexibility index (Phi) is 5.58. The molecule has 0 bridgehead atoms. The Labute approximate surface area is 122 Å². The Bertz CT molecular complexity index is 561. The van der Waals surface area contributed by atoms with E-state index in [1.165, 1.54) is 11.8 Å². The molecule has 0 spiro atoms. The first kappa shape index (κ1) is 14.6. The van der Waals surface area contributed by atoms with Gasteiger partial charge in [-0.25, -0.2) is 4.98 Å². The highest BCUT2D eigenvalue weighted by molar-refractivity contribution is 7.99. The van der Waals surface area contributed by atoms with Crippen LogP contribution in [-0.2, 0) is 0 Å². The van der Waals surface area contributed by atoms with E-state index >= 15 is 0 Å². The largest absolute Gasteiger partial charge is 0.396 e. The first-order valence-electron chi connectivity index (χ1n) is 6.38. The molecule has 104 valence electrons. The number of nitrogens with one attached hydrogen (secondary N) is 1. The van der Waals surface area contributed by atoms with E-state index < -0.39 is 0 Å². The van der Waals surface area contributed by atoms with E-state index in [0.29, 0.717) is 23.6 Å². The summed E-state index contributed by atoms with van der Waals surface area (Å²) in [6.07, 6.45) is 2.23. The van der Waals surface area contributed by atoms with E-state index in [2.05, 4.69) is 10.3 Å². The second-order valence-corrected chi connectivity index (χ2v) is 5.17. The van der Waals surface area contributed by atoms with Gasteiger partial charge < -0.3 is 10.4 Å². The van der Waals surface area contributed by atoms with Crippen LogP contribution in [0.3, 0.4) is 0 Å². The molecular formula is C15H16N2O2S. The Hall–Kier alpha value is -1.85. The van der Waals surface area contributed by atoms with Crippen LogP contribution in [0.2, 0.25) is 0 Å². The lowest BCUT2D eigenvalue weighted by Gasteiger charge is -2.08. The number of aliphatic hydroxyl groups excluding tert-OH is 1. The first-order valence-corrected chi connectivity index (χ1v) is 7.20. The number of carbonyl (C=O) groups is 1. The summed E-state index contributed by atoms with van der Waals surface area (Å²) >= 11 is 1.46. The fourth-order valence-electron chi connectivity index (χ4n) is 1.62. The van der Waals surface area contributed by atoms with Crippen molar-refractivity contribution in [2.24, 2.45) is 0 Å². The van der Waals surface area contributed by atoms with Gasteiger partial charge in [0.2, 0.25) is 0 Å². The molecule has 20 heavy (non-hydrogen) atoms. The molecule has 0 radical (unpaired) electrons. The van der Waals surface area contributed by atoms with Gasteiger partial charge in [0.1, 0.15) is 5.03 Å². The van der Waals surface area contributed by atoms with Crippen LogP contribution in [0.4, 0.5) is 0 Å². The average Bonchev–Trinajstić information content (AvgIpc) is 2.49. The van der Waals surface area contributed by atoms with E-state index in [4.69, 9.17) is 5.11 Å². The fraction of sp³-hybridized carbons (Fsp3) is 0.200. The highest BCUT2D eigenvalue weighted by Gasteiger charge is 2.12. The topological polar surface area (TPSA) is 62.2 Å². The molecule has 2 N–H and O–H groups in total. The maximum Gasteiger partial charge on any atom is 0.254 e. The number of hydrogen-bond donors (Lipinski definition) is 2. The minimum Gasteiger partial charge on any atom is -0.396 e. The zero-order valence-electron chi connectivity index (χ0n) is 11.0. The number of aliphatic hydroxyl groups is 1. The lowest BCUT2D eigenvalue weighted by molar-refractivity contribution is 0.0947. The third-order valence-corrected chi connectivity index (χ3v) is 3.62. The summed E-state index contributed by atoms with van der Waals surface area (Å²) in [6.45, 7) is 0.526. The van der Waals surface area contributed by atoms with Gasteiger partial charge in [-0.1, -0.05) is 30.0 Å². The van der Waals surface area contributed by atoms with Crippen molar-refractivity contribution >= 4 is 17.7 Å².